The number of aliphatic carboxylic acids is 1. The van der Waals surface area contributed by atoms with Crippen molar-refractivity contribution < 1.29 is 34.2 Å². The van der Waals surface area contributed by atoms with Crippen LogP contribution in [0.4, 0.5) is 0 Å². The number of aliphatic hydroxyl groups excluding tert-OH is 1. The van der Waals surface area contributed by atoms with Crippen LogP contribution in [0.2, 0.25) is 0 Å². The number of aromatic amines is 1. The van der Waals surface area contributed by atoms with Crippen LogP contribution in [0.25, 0.3) is 0 Å². The Morgan fingerprint density at radius 3 is 2.12 bits per heavy atom. The number of aromatic nitrogens is 2. The molecule has 1 rings (SSSR count). The van der Waals surface area contributed by atoms with Gasteiger partial charge < -0.3 is 42.6 Å². The van der Waals surface area contributed by atoms with Gasteiger partial charge in [-0.05, 0) is 19.3 Å². The molecule has 34 heavy (non-hydrogen) atoms. The Hall–Kier alpha value is -3.52. The van der Waals surface area contributed by atoms with Gasteiger partial charge in [0.2, 0.25) is 23.6 Å². The zero-order valence-corrected chi connectivity index (χ0v) is 19.3. The van der Waals surface area contributed by atoms with E-state index in [0.717, 1.165) is 0 Å². The fourth-order valence-electron chi connectivity index (χ4n) is 2.95. The van der Waals surface area contributed by atoms with Crippen molar-refractivity contribution in [3.8, 4) is 0 Å². The lowest BCUT2D eigenvalue weighted by atomic mass is 10.0. The topological polar surface area (TPSA) is 243 Å². The van der Waals surface area contributed by atoms with E-state index in [-0.39, 0.29) is 19.3 Å². The van der Waals surface area contributed by atoms with Gasteiger partial charge in [-0.15, -0.1) is 0 Å². The molecule has 0 bridgehead atoms. The van der Waals surface area contributed by atoms with Crippen molar-refractivity contribution in [1.29, 1.82) is 0 Å². The first-order valence-corrected chi connectivity index (χ1v) is 10.7. The Kier molecular flexibility index (Phi) is 11.1. The highest BCUT2D eigenvalue weighted by Crippen LogP contribution is 2.06. The van der Waals surface area contributed by atoms with E-state index in [1.807, 2.05) is 0 Å². The molecule has 0 radical (unpaired) electrons. The van der Waals surface area contributed by atoms with E-state index >= 15 is 0 Å². The van der Waals surface area contributed by atoms with E-state index in [0.29, 0.717) is 5.69 Å². The maximum absolute atomic E-state index is 13.0. The number of aliphatic hydroxyl groups is 1. The van der Waals surface area contributed by atoms with Crippen molar-refractivity contribution in [3.63, 3.8) is 0 Å². The number of hydrogen-bond donors (Lipinski definition) is 8. The van der Waals surface area contributed by atoms with Gasteiger partial charge in [0.1, 0.15) is 18.1 Å². The maximum Gasteiger partial charge on any atom is 0.326 e. The Morgan fingerprint density at radius 1 is 1.03 bits per heavy atom. The molecule has 1 heterocycles. The molecule has 0 aliphatic rings. The summed E-state index contributed by atoms with van der Waals surface area (Å²) in [4.78, 5) is 67.1. The Balaban J connectivity index is 3.00. The fraction of sp³-hybridized carbons (Fsp3) is 0.600. The van der Waals surface area contributed by atoms with Gasteiger partial charge in [-0.1, -0.05) is 13.8 Å². The molecule has 0 spiro atoms. The summed E-state index contributed by atoms with van der Waals surface area (Å²) in [7, 11) is 0. The summed E-state index contributed by atoms with van der Waals surface area (Å²) in [6, 6.07) is -5.10. The minimum Gasteiger partial charge on any atom is -0.480 e. The standard InChI is InChI=1S/C20H33N7O7/c1-9(2)15(20(33)34)26-19(32)16(10(3)28)27-18(31)13(6-11-7-23-8-24-11)25-17(30)12(21)4-5-14(22)29/h7-10,12-13,15-16,28H,4-6,21H2,1-3H3,(H2,22,29)(H,23,24)(H,25,30)(H,26,32)(H,27,31)(H,33,34). The minimum absolute atomic E-state index is 0.0377. The highest BCUT2D eigenvalue weighted by Gasteiger charge is 2.33. The second-order valence-electron chi connectivity index (χ2n) is 8.25. The summed E-state index contributed by atoms with van der Waals surface area (Å²) < 4.78 is 0. The summed E-state index contributed by atoms with van der Waals surface area (Å²) in [5.41, 5.74) is 11.3. The van der Waals surface area contributed by atoms with E-state index in [2.05, 4.69) is 25.9 Å². The third kappa shape index (κ3) is 9.15. The summed E-state index contributed by atoms with van der Waals surface area (Å²) >= 11 is 0. The molecule has 190 valence electrons. The van der Waals surface area contributed by atoms with Crippen molar-refractivity contribution in [2.75, 3.05) is 0 Å². The van der Waals surface area contributed by atoms with E-state index < -0.39 is 65.8 Å². The normalized spacial score (nSPS) is 15.5. The molecule has 0 saturated heterocycles. The molecular weight excluding hydrogens is 450 g/mol. The zero-order chi connectivity index (χ0) is 26.0. The number of amides is 4. The molecule has 0 aliphatic heterocycles. The van der Waals surface area contributed by atoms with Gasteiger partial charge in [0.15, 0.2) is 0 Å². The van der Waals surface area contributed by atoms with Crippen molar-refractivity contribution in [2.45, 2.75) is 70.3 Å². The first-order chi connectivity index (χ1) is 15.8. The van der Waals surface area contributed by atoms with Crippen LogP contribution in [0.3, 0.4) is 0 Å². The van der Waals surface area contributed by atoms with Crippen LogP contribution < -0.4 is 27.4 Å². The zero-order valence-electron chi connectivity index (χ0n) is 19.3. The second kappa shape index (κ2) is 13.3. The molecule has 5 atom stereocenters. The molecule has 4 amide bonds. The molecule has 5 unspecified atom stereocenters. The lowest BCUT2D eigenvalue weighted by Crippen LogP contribution is -2.60. The molecule has 0 aliphatic carbocycles. The molecule has 0 aromatic carbocycles. The molecule has 14 heteroatoms. The van der Waals surface area contributed by atoms with Gasteiger partial charge in [0, 0.05) is 24.7 Å². The Labute approximate surface area is 196 Å². The third-order valence-corrected chi connectivity index (χ3v) is 4.94. The molecular formula is C20H33N7O7. The van der Waals surface area contributed by atoms with Crippen LogP contribution >= 0.6 is 0 Å². The van der Waals surface area contributed by atoms with Gasteiger partial charge in [-0.25, -0.2) is 9.78 Å². The largest absolute Gasteiger partial charge is 0.480 e. The number of carbonyl (C=O) groups excluding carboxylic acids is 4. The summed E-state index contributed by atoms with van der Waals surface area (Å²) in [6.45, 7) is 4.43. The van der Waals surface area contributed by atoms with E-state index in [4.69, 9.17) is 11.5 Å². The van der Waals surface area contributed by atoms with Crippen LogP contribution in [-0.2, 0) is 30.4 Å². The Morgan fingerprint density at radius 2 is 1.65 bits per heavy atom. The molecule has 1 aromatic rings. The highest BCUT2D eigenvalue weighted by molar-refractivity contribution is 5.94. The van der Waals surface area contributed by atoms with Crippen LogP contribution in [0.5, 0.6) is 0 Å². The number of carboxylic acid groups (broad SMARTS) is 1. The lowest BCUT2D eigenvalue weighted by molar-refractivity contribution is -0.144. The van der Waals surface area contributed by atoms with Gasteiger partial charge in [0.25, 0.3) is 0 Å². The molecule has 14 nitrogen and oxygen atoms in total. The number of imidazole rings is 1. The van der Waals surface area contributed by atoms with Crippen LogP contribution in [-0.4, -0.2) is 80.1 Å². The van der Waals surface area contributed by atoms with Crippen LogP contribution in [0.1, 0.15) is 39.3 Å². The SMILES string of the molecule is CC(C)C(NC(=O)C(NC(=O)C(Cc1cnc[nH]1)NC(=O)C(N)CCC(N)=O)C(C)O)C(=O)O. The summed E-state index contributed by atoms with van der Waals surface area (Å²) in [6.07, 6.45) is 1.19. The van der Waals surface area contributed by atoms with Crippen molar-refractivity contribution in [3.05, 3.63) is 18.2 Å². The first-order valence-electron chi connectivity index (χ1n) is 10.7. The molecule has 10 N–H and O–H groups in total. The van der Waals surface area contributed by atoms with Gasteiger partial charge in [-0.3, -0.25) is 19.2 Å². The van der Waals surface area contributed by atoms with Gasteiger partial charge in [-0.2, -0.15) is 0 Å². The number of hydrogen-bond acceptors (Lipinski definition) is 8. The maximum atomic E-state index is 13.0. The molecule has 0 fully saturated rings. The predicted octanol–water partition coefficient (Wildman–Crippen LogP) is -2.88. The number of nitrogens with zero attached hydrogens (tertiary/aromatic N) is 1. The van der Waals surface area contributed by atoms with Gasteiger partial charge >= 0.3 is 5.97 Å². The van der Waals surface area contributed by atoms with Gasteiger partial charge in [0.05, 0.1) is 18.5 Å². The number of carbonyl (C=O) groups is 5. The van der Waals surface area contributed by atoms with Crippen LogP contribution in [0.15, 0.2) is 12.5 Å². The number of rotatable bonds is 14. The predicted molar refractivity (Wildman–Crippen MR) is 119 cm³/mol. The summed E-state index contributed by atoms with van der Waals surface area (Å²) in [5.74, 6) is -4.84. The van der Waals surface area contributed by atoms with E-state index in [1.54, 1.807) is 13.8 Å². The number of H-pyrrole nitrogens is 1. The highest BCUT2D eigenvalue weighted by atomic mass is 16.4. The molecule has 0 saturated carbocycles. The van der Waals surface area contributed by atoms with Crippen LogP contribution in [0, 0.1) is 5.92 Å². The quantitative estimate of drug-likeness (QED) is 0.135. The monoisotopic (exact) mass is 483 g/mol. The minimum atomic E-state index is -1.50. The fourth-order valence-corrected chi connectivity index (χ4v) is 2.95. The number of nitrogens with one attached hydrogen (secondary N) is 4. The number of nitrogens with two attached hydrogens (primary N) is 2. The smallest absolute Gasteiger partial charge is 0.326 e. The lowest BCUT2D eigenvalue weighted by Gasteiger charge is -2.27. The second-order valence-corrected chi connectivity index (χ2v) is 8.25. The van der Waals surface area contributed by atoms with Crippen molar-refractivity contribution >= 4 is 29.6 Å². The van der Waals surface area contributed by atoms with Crippen molar-refractivity contribution in [1.82, 2.24) is 25.9 Å². The van der Waals surface area contributed by atoms with Crippen molar-refractivity contribution in [2.24, 2.45) is 17.4 Å². The average Bonchev–Trinajstić information content (AvgIpc) is 3.25. The Bertz CT molecular complexity index is 857. The first kappa shape index (κ1) is 28.5. The average molecular weight is 484 g/mol. The van der Waals surface area contributed by atoms with E-state index in [1.165, 1.54) is 19.4 Å². The summed E-state index contributed by atoms with van der Waals surface area (Å²) in [5, 5.41) is 26.5. The number of carboxylic acids is 1. The van der Waals surface area contributed by atoms with E-state index in [9.17, 15) is 34.2 Å². The third-order valence-electron chi connectivity index (χ3n) is 4.94. The molecule has 1 aromatic heterocycles. The number of primary amides is 1.